The van der Waals surface area contributed by atoms with Crippen LogP contribution >= 0.6 is 0 Å². The summed E-state index contributed by atoms with van der Waals surface area (Å²) in [5, 5.41) is 9.55. The molecule has 0 spiro atoms. The summed E-state index contributed by atoms with van der Waals surface area (Å²) in [6.45, 7) is 4.93. The number of amides is 5. The molecule has 4 saturated heterocycles. The summed E-state index contributed by atoms with van der Waals surface area (Å²) in [7, 11) is 0. The van der Waals surface area contributed by atoms with Gasteiger partial charge in [0.2, 0.25) is 11.8 Å². The molecule has 0 aromatic heterocycles. The summed E-state index contributed by atoms with van der Waals surface area (Å²) in [6.07, 6.45) is 3.56. The summed E-state index contributed by atoms with van der Waals surface area (Å²) in [4.78, 5) is 68.0. The number of nitrogens with zero attached hydrogens (tertiary/aromatic N) is 8. The van der Waals surface area contributed by atoms with Crippen molar-refractivity contribution in [1.29, 1.82) is 0 Å². The molecule has 7 aliphatic rings. The van der Waals surface area contributed by atoms with E-state index in [2.05, 4.69) is 26.3 Å². The Morgan fingerprint density at radius 1 is 0.860 bits per heavy atom. The summed E-state index contributed by atoms with van der Waals surface area (Å²) >= 11 is 0. The molecular weight excluding hydrogens is 725 g/mol. The van der Waals surface area contributed by atoms with Crippen LogP contribution < -0.4 is 20.7 Å². The molecule has 15 nitrogen and oxygen atoms in total. The number of likely N-dealkylation sites (tertiary alicyclic amines) is 2. The van der Waals surface area contributed by atoms with Gasteiger partial charge in [-0.3, -0.25) is 24.7 Å². The third kappa shape index (κ3) is 6.34. The summed E-state index contributed by atoms with van der Waals surface area (Å²) < 4.78 is 6.01. The minimum Gasteiger partial charge on any atom is -0.457 e. The molecule has 7 heterocycles. The Morgan fingerprint density at radius 3 is 2.42 bits per heavy atom. The number of para-hydroxylation sites is 1. The first-order chi connectivity index (χ1) is 27.8. The molecule has 5 amide bonds. The topological polar surface area (TPSA) is 169 Å². The van der Waals surface area contributed by atoms with Crippen molar-refractivity contribution in [1.82, 2.24) is 25.0 Å². The maximum Gasteiger partial charge on any atom is 0.320 e. The van der Waals surface area contributed by atoms with Gasteiger partial charge in [-0.25, -0.2) is 14.8 Å². The molecule has 0 aliphatic carbocycles. The number of nitrogens with one attached hydrogen (secondary N) is 1. The molecular formula is C42H44N10O5. The Bertz CT molecular complexity index is 2210. The lowest BCUT2D eigenvalue weighted by Gasteiger charge is -2.52. The molecule has 57 heavy (non-hydrogen) atoms. The van der Waals surface area contributed by atoms with Gasteiger partial charge in [-0.1, -0.05) is 18.2 Å². The van der Waals surface area contributed by atoms with E-state index in [1.54, 1.807) is 4.90 Å². The van der Waals surface area contributed by atoms with E-state index in [4.69, 9.17) is 20.6 Å². The molecule has 0 bridgehead atoms. The van der Waals surface area contributed by atoms with Crippen LogP contribution in [0.1, 0.15) is 47.2 Å². The van der Waals surface area contributed by atoms with Gasteiger partial charge in [0.1, 0.15) is 35.6 Å². The SMILES string of the molecule is NC1=NC=NC2C1C(c1ccc(Oc3ccccc3)cc1)=NN2[C@@H]1CCCN(C(=O)N2CC(C3CN(c4ccc5c(c4)CN(C4CCC(=O)NC4=O)C5=O)C3)C2)C1. The highest BCUT2D eigenvalue weighted by molar-refractivity contribution is 6.17. The van der Waals surface area contributed by atoms with Gasteiger partial charge in [0.15, 0.2) is 6.17 Å². The zero-order valence-electron chi connectivity index (χ0n) is 31.4. The number of hydrazone groups is 1. The standard InChI is InChI=1S/C42H44N10O5/c43-38-36-37(25-8-11-32(12-9-25)57-31-6-2-1-3-7-31)47-52(39(36)45-24-44-38)30-5-4-16-48(23-30)42(56)50-20-28(21-50)27-18-49(19-27)29-10-13-33-26(17-29)22-51(41(33)55)34-14-15-35(53)46-40(34)54/h1-3,6-13,17,24,27-28,30,34,36,39H,4-5,14-16,18-23H2,(H2,43,44,45)(H,46,53,54)/t30-,34?,36?,39?/m1/s1. The zero-order valence-corrected chi connectivity index (χ0v) is 31.4. The van der Waals surface area contributed by atoms with Crippen LogP contribution in [0.15, 0.2) is 87.9 Å². The van der Waals surface area contributed by atoms with Crippen molar-refractivity contribution in [2.75, 3.05) is 44.2 Å². The Kier molecular flexibility index (Phi) is 8.67. The Labute approximate surface area is 329 Å². The molecule has 7 aliphatic heterocycles. The average molecular weight is 769 g/mol. The fourth-order valence-electron chi connectivity index (χ4n) is 9.38. The van der Waals surface area contributed by atoms with Gasteiger partial charge >= 0.3 is 6.03 Å². The number of fused-ring (bicyclic) bond motifs is 2. The van der Waals surface area contributed by atoms with E-state index in [-0.39, 0.29) is 42.4 Å². The average Bonchev–Trinajstić information content (AvgIpc) is 3.74. The van der Waals surface area contributed by atoms with E-state index in [0.29, 0.717) is 49.3 Å². The van der Waals surface area contributed by atoms with Crippen LogP contribution in [-0.2, 0) is 16.1 Å². The number of hydrogen-bond acceptors (Lipinski definition) is 11. The zero-order chi connectivity index (χ0) is 38.8. The number of carbonyl (C=O) groups is 4. The van der Waals surface area contributed by atoms with Crippen molar-refractivity contribution in [3.05, 3.63) is 89.5 Å². The number of imide groups is 1. The van der Waals surface area contributed by atoms with Crippen LogP contribution in [0.3, 0.4) is 0 Å². The summed E-state index contributed by atoms with van der Waals surface area (Å²) in [5.41, 5.74) is 10.8. The second-order valence-corrected chi connectivity index (χ2v) is 16.1. The number of urea groups is 1. The monoisotopic (exact) mass is 768 g/mol. The number of anilines is 1. The van der Waals surface area contributed by atoms with E-state index < -0.39 is 11.9 Å². The van der Waals surface area contributed by atoms with Gasteiger partial charge < -0.3 is 30.1 Å². The Hall–Kier alpha value is -6.25. The highest BCUT2D eigenvalue weighted by Gasteiger charge is 2.47. The maximum absolute atomic E-state index is 13.8. The van der Waals surface area contributed by atoms with Crippen molar-refractivity contribution < 1.29 is 23.9 Å². The van der Waals surface area contributed by atoms with Gasteiger partial charge in [-0.15, -0.1) is 0 Å². The molecule has 3 aromatic carbocycles. The largest absolute Gasteiger partial charge is 0.457 e. The molecule has 3 unspecified atom stereocenters. The third-order valence-electron chi connectivity index (χ3n) is 12.6. The van der Waals surface area contributed by atoms with Crippen LogP contribution in [0.25, 0.3) is 0 Å². The van der Waals surface area contributed by atoms with Crippen molar-refractivity contribution in [2.45, 2.75) is 50.5 Å². The van der Waals surface area contributed by atoms with Gasteiger partial charge in [0.25, 0.3) is 5.91 Å². The molecule has 0 saturated carbocycles. The molecule has 15 heteroatoms. The second kappa shape index (κ2) is 14.0. The van der Waals surface area contributed by atoms with Gasteiger partial charge in [0, 0.05) is 75.3 Å². The molecule has 4 atom stereocenters. The number of carbonyl (C=O) groups excluding carboxylic acids is 4. The molecule has 3 N–H and O–H groups in total. The lowest BCUT2D eigenvalue weighted by atomic mass is 9.80. The number of amidine groups is 1. The second-order valence-electron chi connectivity index (χ2n) is 16.1. The number of piperidine rings is 2. The third-order valence-corrected chi connectivity index (χ3v) is 12.6. The number of ether oxygens (including phenoxy) is 1. The molecule has 292 valence electrons. The van der Waals surface area contributed by atoms with Gasteiger partial charge in [-0.2, -0.15) is 5.10 Å². The fourth-order valence-corrected chi connectivity index (χ4v) is 9.38. The first-order valence-corrected chi connectivity index (χ1v) is 19.9. The molecule has 4 fully saturated rings. The predicted molar refractivity (Wildman–Crippen MR) is 212 cm³/mol. The predicted octanol–water partition coefficient (Wildman–Crippen LogP) is 3.25. The maximum atomic E-state index is 13.8. The van der Waals surface area contributed by atoms with Crippen molar-refractivity contribution in [3.63, 3.8) is 0 Å². The van der Waals surface area contributed by atoms with Gasteiger partial charge in [0.05, 0.1) is 11.8 Å². The number of hydrogen-bond donors (Lipinski definition) is 2. The van der Waals surface area contributed by atoms with E-state index >= 15 is 0 Å². The van der Waals surface area contributed by atoms with Crippen LogP contribution in [0.5, 0.6) is 11.5 Å². The van der Waals surface area contributed by atoms with Crippen LogP contribution in [0.4, 0.5) is 10.5 Å². The normalized spacial score (nSPS) is 26.0. The smallest absolute Gasteiger partial charge is 0.320 e. The lowest BCUT2D eigenvalue weighted by Crippen LogP contribution is -2.63. The van der Waals surface area contributed by atoms with Crippen molar-refractivity contribution in [2.24, 2.45) is 38.6 Å². The number of aliphatic imine (C=N–C) groups is 2. The van der Waals surface area contributed by atoms with Crippen LogP contribution in [0.2, 0.25) is 0 Å². The number of benzene rings is 3. The van der Waals surface area contributed by atoms with E-state index in [1.807, 2.05) is 76.5 Å². The minimum atomic E-state index is -0.621. The van der Waals surface area contributed by atoms with Crippen molar-refractivity contribution >= 4 is 47.3 Å². The Balaban J connectivity index is 0.739. The fraction of sp³-hybridized carbons (Fsp3) is 0.405. The Morgan fingerprint density at radius 2 is 1.63 bits per heavy atom. The van der Waals surface area contributed by atoms with Crippen molar-refractivity contribution in [3.8, 4) is 11.5 Å². The minimum absolute atomic E-state index is 0.00702. The van der Waals surface area contributed by atoms with Crippen LogP contribution in [-0.4, -0.2) is 119 Å². The first kappa shape index (κ1) is 35.2. The van der Waals surface area contributed by atoms with Gasteiger partial charge in [-0.05, 0) is 85.0 Å². The number of nitrogens with two attached hydrogens (primary N) is 1. The summed E-state index contributed by atoms with van der Waals surface area (Å²) in [6, 6.07) is 22.9. The molecule has 3 aromatic rings. The van der Waals surface area contributed by atoms with Crippen LogP contribution in [0, 0.1) is 17.8 Å². The summed E-state index contributed by atoms with van der Waals surface area (Å²) in [5.74, 6) is 1.77. The van der Waals surface area contributed by atoms with E-state index in [1.165, 1.54) is 6.34 Å². The highest BCUT2D eigenvalue weighted by Crippen LogP contribution is 2.38. The molecule has 0 radical (unpaired) electrons. The van der Waals surface area contributed by atoms with E-state index in [0.717, 1.165) is 73.0 Å². The molecule has 10 rings (SSSR count). The number of rotatable bonds is 7. The van der Waals surface area contributed by atoms with E-state index in [9.17, 15) is 19.2 Å². The quantitative estimate of drug-likeness (QED) is 0.346. The lowest BCUT2D eigenvalue weighted by molar-refractivity contribution is -0.136. The highest BCUT2D eigenvalue weighted by atomic mass is 16.5. The first-order valence-electron chi connectivity index (χ1n) is 19.9.